The highest BCUT2D eigenvalue weighted by molar-refractivity contribution is 5.96. The average Bonchev–Trinajstić information content (AvgIpc) is 2.65. The fraction of sp³-hybridized carbons (Fsp3) is 0.250. The maximum atomic E-state index is 5.33. The number of terminal acetylenes is 1. The van der Waals surface area contributed by atoms with Crippen molar-refractivity contribution < 1.29 is 0 Å². The van der Waals surface area contributed by atoms with E-state index in [1.165, 1.54) is 27.8 Å². The van der Waals surface area contributed by atoms with Gasteiger partial charge in [0.05, 0.1) is 0 Å². The Morgan fingerprint density at radius 1 is 1.19 bits per heavy atom. The molecule has 0 aromatic heterocycles. The van der Waals surface area contributed by atoms with Crippen LogP contribution in [0.5, 0.6) is 0 Å². The van der Waals surface area contributed by atoms with Gasteiger partial charge in [0.2, 0.25) is 0 Å². The zero-order chi connectivity index (χ0) is 11.5. The molecule has 0 fully saturated rings. The van der Waals surface area contributed by atoms with Crippen molar-refractivity contribution >= 4 is 11.1 Å². The molecule has 0 aliphatic heterocycles. The van der Waals surface area contributed by atoms with E-state index in [2.05, 4.69) is 50.1 Å². The lowest BCUT2D eigenvalue weighted by Crippen LogP contribution is -1.84. The molecule has 0 saturated heterocycles. The van der Waals surface area contributed by atoms with Crippen LogP contribution in [0.15, 0.2) is 35.9 Å². The van der Waals surface area contributed by atoms with E-state index in [9.17, 15) is 0 Å². The van der Waals surface area contributed by atoms with Gasteiger partial charge in [0, 0.05) is 6.42 Å². The molecule has 0 heteroatoms. The second-order valence-electron chi connectivity index (χ2n) is 4.33. The molecule has 0 N–H and O–H groups in total. The molecule has 0 bridgehead atoms. The SMILES string of the molecule is C#CCCC1=CC(=C(C)C)c2ccccc21. The summed E-state index contributed by atoms with van der Waals surface area (Å²) in [6.07, 6.45) is 9.41. The van der Waals surface area contributed by atoms with E-state index in [1.807, 2.05) is 0 Å². The zero-order valence-corrected chi connectivity index (χ0v) is 9.88. The third-order valence-corrected chi connectivity index (χ3v) is 2.96. The summed E-state index contributed by atoms with van der Waals surface area (Å²) in [6, 6.07) is 8.57. The molecule has 1 aromatic carbocycles. The summed E-state index contributed by atoms with van der Waals surface area (Å²) < 4.78 is 0. The van der Waals surface area contributed by atoms with Crippen LogP contribution in [0, 0.1) is 12.3 Å². The molecule has 0 radical (unpaired) electrons. The van der Waals surface area contributed by atoms with Crippen LogP contribution in [-0.2, 0) is 0 Å². The van der Waals surface area contributed by atoms with E-state index >= 15 is 0 Å². The summed E-state index contributed by atoms with van der Waals surface area (Å²) in [7, 11) is 0. The van der Waals surface area contributed by atoms with Crippen molar-refractivity contribution in [3.05, 3.63) is 47.0 Å². The van der Waals surface area contributed by atoms with Gasteiger partial charge >= 0.3 is 0 Å². The summed E-state index contributed by atoms with van der Waals surface area (Å²) in [5.74, 6) is 2.71. The smallest absolute Gasteiger partial charge is 0.0127 e. The molecule has 2 rings (SSSR count). The summed E-state index contributed by atoms with van der Waals surface area (Å²) in [6.45, 7) is 4.32. The van der Waals surface area contributed by atoms with E-state index < -0.39 is 0 Å². The first kappa shape index (κ1) is 10.8. The fourth-order valence-corrected chi connectivity index (χ4v) is 2.16. The van der Waals surface area contributed by atoms with Crippen LogP contribution in [0.2, 0.25) is 0 Å². The van der Waals surface area contributed by atoms with Gasteiger partial charge in [-0.1, -0.05) is 35.9 Å². The standard InChI is InChI=1S/C16H16/c1-4-5-8-13-11-16(12(2)3)15-10-7-6-9-14(13)15/h1,6-7,9-11H,5,8H2,2-3H3. The van der Waals surface area contributed by atoms with Gasteiger partial charge in [-0.25, -0.2) is 0 Å². The van der Waals surface area contributed by atoms with Crippen molar-refractivity contribution in [2.75, 3.05) is 0 Å². The van der Waals surface area contributed by atoms with Crippen molar-refractivity contribution in [2.45, 2.75) is 26.7 Å². The molecule has 1 aliphatic carbocycles. The highest BCUT2D eigenvalue weighted by Crippen LogP contribution is 2.38. The fourth-order valence-electron chi connectivity index (χ4n) is 2.16. The molecule has 0 nitrogen and oxygen atoms in total. The Hall–Kier alpha value is -1.74. The molecular formula is C16H16. The number of fused-ring (bicyclic) bond motifs is 1. The molecule has 80 valence electrons. The largest absolute Gasteiger partial charge is 0.120 e. The third-order valence-electron chi connectivity index (χ3n) is 2.96. The Kier molecular flexibility index (Phi) is 2.97. The lowest BCUT2D eigenvalue weighted by atomic mass is 10.0. The summed E-state index contributed by atoms with van der Waals surface area (Å²) in [4.78, 5) is 0. The molecule has 16 heavy (non-hydrogen) atoms. The minimum Gasteiger partial charge on any atom is -0.120 e. The molecule has 0 unspecified atom stereocenters. The third kappa shape index (κ3) is 1.82. The number of hydrogen-bond acceptors (Lipinski definition) is 0. The Balaban J connectivity index is 2.47. The van der Waals surface area contributed by atoms with Crippen LogP contribution in [0.1, 0.15) is 37.8 Å². The van der Waals surface area contributed by atoms with Crippen LogP contribution in [0.25, 0.3) is 11.1 Å². The Bertz CT molecular complexity index is 503. The molecular weight excluding hydrogens is 192 g/mol. The van der Waals surface area contributed by atoms with Gasteiger partial charge in [-0.2, -0.15) is 0 Å². The molecule has 0 heterocycles. The molecule has 1 aliphatic rings. The van der Waals surface area contributed by atoms with Crippen molar-refractivity contribution in [1.29, 1.82) is 0 Å². The van der Waals surface area contributed by atoms with Crippen LogP contribution < -0.4 is 0 Å². The number of rotatable bonds is 2. The normalized spacial score (nSPS) is 13.1. The first-order valence-electron chi connectivity index (χ1n) is 5.65. The van der Waals surface area contributed by atoms with E-state index in [0.29, 0.717) is 0 Å². The van der Waals surface area contributed by atoms with E-state index in [1.54, 1.807) is 0 Å². The Morgan fingerprint density at radius 2 is 1.88 bits per heavy atom. The first-order valence-corrected chi connectivity index (χ1v) is 5.65. The van der Waals surface area contributed by atoms with Crippen LogP contribution in [0.4, 0.5) is 0 Å². The first-order chi connectivity index (χ1) is 7.74. The minimum atomic E-state index is 0.816. The van der Waals surface area contributed by atoms with E-state index in [0.717, 1.165) is 12.8 Å². The summed E-state index contributed by atoms with van der Waals surface area (Å²) in [5, 5.41) is 0. The summed E-state index contributed by atoms with van der Waals surface area (Å²) >= 11 is 0. The van der Waals surface area contributed by atoms with Gasteiger partial charge in [-0.15, -0.1) is 12.3 Å². The van der Waals surface area contributed by atoms with Gasteiger partial charge in [0.25, 0.3) is 0 Å². The van der Waals surface area contributed by atoms with E-state index in [-0.39, 0.29) is 0 Å². The van der Waals surface area contributed by atoms with Gasteiger partial charge < -0.3 is 0 Å². The topological polar surface area (TPSA) is 0 Å². The van der Waals surface area contributed by atoms with Crippen LogP contribution in [0.3, 0.4) is 0 Å². The Labute approximate surface area is 97.7 Å². The maximum absolute atomic E-state index is 5.33. The van der Waals surface area contributed by atoms with E-state index in [4.69, 9.17) is 6.42 Å². The molecule has 0 amide bonds. The van der Waals surface area contributed by atoms with Crippen molar-refractivity contribution in [2.24, 2.45) is 0 Å². The number of allylic oxidation sites excluding steroid dienone is 4. The van der Waals surface area contributed by atoms with Crippen LogP contribution in [-0.4, -0.2) is 0 Å². The highest BCUT2D eigenvalue weighted by Gasteiger charge is 2.17. The zero-order valence-electron chi connectivity index (χ0n) is 9.88. The molecule has 0 atom stereocenters. The lowest BCUT2D eigenvalue weighted by Gasteiger charge is -2.04. The quantitative estimate of drug-likeness (QED) is 0.636. The number of hydrogen-bond donors (Lipinski definition) is 0. The predicted octanol–water partition coefficient (Wildman–Crippen LogP) is 4.29. The molecule has 1 aromatic rings. The second-order valence-corrected chi connectivity index (χ2v) is 4.33. The lowest BCUT2D eigenvalue weighted by molar-refractivity contribution is 1.11. The Morgan fingerprint density at radius 3 is 2.50 bits per heavy atom. The maximum Gasteiger partial charge on any atom is 0.0127 e. The van der Waals surface area contributed by atoms with Gasteiger partial charge in [-0.3, -0.25) is 0 Å². The minimum absolute atomic E-state index is 0.816. The monoisotopic (exact) mass is 208 g/mol. The highest BCUT2D eigenvalue weighted by atomic mass is 14.2. The average molecular weight is 208 g/mol. The van der Waals surface area contributed by atoms with Crippen LogP contribution >= 0.6 is 0 Å². The van der Waals surface area contributed by atoms with Crippen molar-refractivity contribution in [3.8, 4) is 12.3 Å². The van der Waals surface area contributed by atoms with Gasteiger partial charge in [0.15, 0.2) is 0 Å². The van der Waals surface area contributed by atoms with Gasteiger partial charge in [-0.05, 0) is 42.5 Å². The molecule has 0 saturated carbocycles. The summed E-state index contributed by atoms with van der Waals surface area (Å²) in [5.41, 5.74) is 6.82. The second kappa shape index (κ2) is 4.41. The van der Waals surface area contributed by atoms with Crippen molar-refractivity contribution in [1.82, 2.24) is 0 Å². The van der Waals surface area contributed by atoms with Crippen molar-refractivity contribution in [3.63, 3.8) is 0 Å². The molecule has 0 spiro atoms. The van der Waals surface area contributed by atoms with Gasteiger partial charge in [0.1, 0.15) is 0 Å². The predicted molar refractivity (Wildman–Crippen MR) is 70.8 cm³/mol. The number of benzene rings is 1.